The summed E-state index contributed by atoms with van der Waals surface area (Å²) in [5.41, 5.74) is 0. The molecule has 1 rings (SSSR count). The van der Waals surface area contributed by atoms with Crippen molar-refractivity contribution in [2.45, 2.75) is 39.0 Å². The third-order valence-corrected chi connectivity index (χ3v) is 3.29. The molecule has 0 aliphatic heterocycles. The minimum atomic E-state index is -0.0756. The monoisotopic (exact) mass is 226 g/mol. The fourth-order valence-electron chi connectivity index (χ4n) is 1.52. The number of hydrogen-bond acceptors (Lipinski definition) is 3. The predicted molar refractivity (Wildman–Crippen MR) is 63.2 cm³/mol. The predicted octanol–water partition coefficient (Wildman–Crippen LogP) is 3.59. The molecule has 0 saturated heterocycles. The number of carbonyl (C=O) groups is 1. The Morgan fingerprint density at radius 3 is 2.87 bits per heavy atom. The standard InChI is InChI=1S/C12H18O2S/c1-3-5-7-10(12(13)14-4-2)11-8-6-9-15-11/h6,8-10H,3-5,7H2,1-2H3. The van der Waals surface area contributed by atoms with Gasteiger partial charge < -0.3 is 4.74 Å². The second kappa shape index (κ2) is 6.62. The number of ether oxygens (including phenoxy) is 1. The van der Waals surface area contributed by atoms with Gasteiger partial charge in [0, 0.05) is 4.88 Å². The van der Waals surface area contributed by atoms with Crippen LogP contribution in [0.4, 0.5) is 0 Å². The van der Waals surface area contributed by atoms with E-state index in [0.29, 0.717) is 6.61 Å². The Hall–Kier alpha value is -0.830. The molecule has 1 unspecified atom stereocenters. The molecule has 0 N–H and O–H groups in total. The van der Waals surface area contributed by atoms with E-state index in [-0.39, 0.29) is 11.9 Å². The summed E-state index contributed by atoms with van der Waals surface area (Å²) in [5.74, 6) is -0.127. The molecule has 1 aromatic rings. The summed E-state index contributed by atoms with van der Waals surface area (Å²) in [4.78, 5) is 12.9. The molecule has 0 saturated carbocycles. The summed E-state index contributed by atoms with van der Waals surface area (Å²) >= 11 is 1.63. The largest absolute Gasteiger partial charge is 0.465 e. The average Bonchev–Trinajstić information content (AvgIpc) is 2.72. The van der Waals surface area contributed by atoms with Gasteiger partial charge in [0.05, 0.1) is 12.5 Å². The van der Waals surface area contributed by atoms with E-state index in [1.54, 1.807) is 11.3 Å². The summed E-state index contributed by atoms with van der Waals surface area (Å²) in [6.07, 6.45) is 3.08. The first-order valence-electron chi connectivity index (χ1n) is 5.49. The van der Waals surface area contributed by atoms with Crippen LogP contribution < -0.4 is 0 Å². The highest BCUT2D eigenvalue weighted by atomic mass is 32.1. The molecule has 0 bridgehead atoms. The molecule has 2 nitrogen and oxygen atoms in total. The van der Waals surface area contributed by atoms with Gasteiger partial charge in [0.1, 0.15) is 0 Å². The third kappa shape index (κ3) is 3.67. The second-order valence-corrected chi connectivity index (χ2v) is 4.44. The zero-order valence-electron chi connectivity index (χ0n) is 9.36. The minimum absolute atomic E-state index is 0.0510. The topological polar surface area (TPSA) is 26.3 Å². The van der Waals surface area contributed by atoms with E-state index < -0.39 is 0 Å². The Balaban J connectivity index is 2.65. The highest BCUT2D eigenvalue weighted by Crippen LogP contribution is 2.27. The highest BCUT2D eigenvalue weighted by Gasteiger charge is 2.21. The Morgan fingerprint density at radius 2 is 2.33 bits per heavy atom. The Labute approximate surface area is 95.3 Å². The number of hydrogen-bond donors (Lipinski definition) is 0. The van der Waals surface area contributed by atoms with Crippen LogP contribution in [0, 0.1) is 0 Å². The van der Waals surface area contributed by atoms with E-state index in [9.17, 15) is 4.79 Å². The molecule has 84 valence electrons. The molecule has 0 aromatic carbocycles. The highest BCUT2D eigenvalue weighted by molar-refractivity contribution is 7.10. The van der Waals surface area contributed by atoms with Gasteiger partial charge in [-0.1, -0.05) is 25.8 Å². The van der Waals surface area contributed by atoms with Crippen LogP contribution >= 0.6 is 11.3 Å². The second-order valence-electron chi connectivity index (χ2n) is 3.46. The van der Waals surface area contributed by atoms with E-state index in [0.717, 1.165) is 24.1 Å². The minimum Gasteiger partial charge on any atom is -0.465 e. The maximum atomic E-state index is 11.7. The number of esters is 1. The van der Waals surface area contributed by atoms with Crippen LogP contribution in [0.25, 0.3) is 0 Å². The van der Waals surface area contributed by atoms with Crippen LogP contribution in [0.1, 0.15) is 43.9 Å². The Kier molecular flexibility index (Phi) is 5.40. The van der Waals surface area contributed by atoms with Crippen molar-refractivity contribution in [3.63, 3.8) is 0 Å². The van der Waals surface area contributed by atoms with Gasteiger partial charge >= 0.3 is 5.97 Å². The molecule has 3 heteroatoms. The molecule has 1 aromatic heterocycles. The van der Waals surface area contributed by atoms with Crippen LogP contribution in [-0.2, 0) is 9.53 Å². The maximum Gasteiger partial charge on any atom is 0.314 e. The van der Waals surface area contributed by atoms with Crippen molar-refractivity contribution in [2.75, 3.05) is 6.61 Å². The van der Waals surface area contributed by atoms with Gasteiger partial charge in [-0.05, 0) is 24.8 Å². The molecular formula is C12H18O2S. The first-order valence-corrected chi connectivity index (χ1v) is 6.37. The van der Waals surface area contributed by atoms with Crippen molar-refractivity contribution in [1.82, 2.24) is 0 Å². The molecule has 0 fully saturated rings. The molecule has 15 heavy (non-hydrogen) atoms. The maximum absolute atomic E-state index is 11.7. The van der Waals surface area contributed by atoms with E-state index >= 15 is 0 Å². The Morgan fingerprint density at radius 1 is 1.53 bits per heavy atom. The number of rotatable bonds is 6. The summed E-state index contributed by atoms with van der Waals surface area (Å²) in [6, 6.07) is 4.00. The van der Waals surface area contributed by atoms with Crippen molar-refractivity contribution < 1.29 is 9.53 Å². The van der Waals surface area contributed by atoms with Gasteiger partial charge in [-0.25, -0.2) is 0 Å². The molecule has 1 atom stereocenters. The van der Waals surface area contributed by atoms with Crippen molar-refractivity contribution >= 4 is 17.3 Å². The number of carbonyl (C=O) groups excluding carboxylic acids is 1. The molecular weight excluding hydrogens is 208 g/mol. The SMILES string of the molecule is CCCCC(C(=O)OCC)c1cccs1. The zero-order chi connectivity index (χ0) is 11.1. The fourth-order valence-corrected chi connectivity index (χ4v) is 2.37. The van der Waals surface area contributed by atoms with E-state index in [2.05, 4.69) is 6.92 Å². The lowest BCUT2D eigenvalue weighted by Crippen LogP contribution is -2.15. The van der Waals surface area contributed by atoms with Crippen LogP contribution in [-0.4, -0.2) is 12.6 Å². The summed E-state index contributed by atoms with van der Waals surface area (Å²) < 4.78 is 5.09. The molecule has 1 heterocycles. The number of thiophene rings is 1. The Bertz CT molecular complexity index is 280. The van der Waals surface area contributed by atoms with Gasteiger partial charge in [0.15, 0.2) is 0 Å². The molecule has 0 amide bonds. The lowest BCUT2D eigenvalue weighted by molar-refractivity contribution is -0.145. The number of unbranched alkanes of at least 4 members (excludes halogenated alkanes) is 1. The summed E-state index contributed by atoms with van der Waals surface area (Å²) in [6.45, 7) is 4.45. The van der Waals surface area contributed by atoms with Gasteiger partial charge in [-0.3, -0.25) is 4.79 Å². The summed E-state index contributed by atoms with van der Waals surface area (Å²) in [7, 11) is 0. The van der Waals surface area contributed by atoms with Crippen LogP contribution in [0.2, 0.25) is 0 Å². The van der Waals surface area contributed by atoms with Gasteiger partial charge in [0.2, 0.25) is 0 Å². The van der Waals surface area contributed by atoms with E-state index in [1.807, 2.05) is 24.4 Å². The average molecular weight is 226 g/mol. The van der Waals surface area contributed by atoms with Crippen molar-refractivity contribution in [3.8, 4) is 0 Å². The third-order valence-electron chi connectivity index (χ3n) is 2.30. The molecule has 0 aliphatic rings. The summed E-state index contributed by atoms with van der Waals surface area (Å²) in [5, 5.41) is 2.01. The molecule has 0 aliphatic carbocycles. The fraction of sp³-hybridized carbons (Fsp3) is 0.583. The van der Waals surface area contributed by atoms with Crippen LogP contribution in [0.5, 0.6) is 0 Å². The lowest BCUT2D eigenvalue weighted by Gasteiger charge is -2.13. The van der Waals surface area contributed by atoms with E-state index in [1.165, 1.54) is 0 Å². The van der Waals surface area contributed by atoms with Crippen molar-refractivity contribution in [1.29, 1.82) is 0 Å². The first-order chi connectivity index (χ1) is 7.29. The van der Waals surface area contributed by atoms with Gasteiger partial charge in [-0.2, -0.15) is 0 Å². The smallest absolute Gasteiger partial charge is 0.314 e. The quantitative estimate of drug-likeness (QED) is 0.693. The first kappa shape index (κ1) is 12.2. The van der Waals surface area contributed by atoms with Gasteiger partial charge in [0.25, 0.3) is 0 Å². The molecule has 0 spiro atoms. The van der Waals surface area contributed by atoms with E-state index in [4.69, 9.17) is 4.74 Å². The van der Waals surface area contributed by atoms with Crippen LogP contribution in [0.3, 0.4) is 0 Å². The zero-order valence-corrected chi connectivity index (χ0v) is 10.2. The molecule has 0 radical (unpaired) electrons. The lowest BCUT2D eigenvalue weighted by atomic mass is 10.0. The van der Waals surface area contributed by atoms with Crippen LogP contribution in [0.15, 0.2) is 17.5 Å². The van der Waals surface area contributed by atoms with Crippen molar-refractivity contribution in [2.24, 2.45) is 0 Å². The normalized spacial score (nSPS) is 12.4. The van der Waals surface area contributed by atoms with Crippen molar-refractivity contribution in [3.05, 3.63) is 22.4 Å². The van der Waals surface area contributed by atoms with Gasteiger partial charge in [-0.15, -0.1) is 11.3 Å².